The summed E-state index contributed by atoms with van der Waals surface area (Å²) >= 11 is 0. The highest BCUT2D eigenvalue weighted by atomic mass is 19.1. The lowest BCUT2D eigenvalue weighted by Crippen LogP contribution is -2.58. The minimum absolute atomic E-state index is 0.0483. The number of hydrogen-bond donors (Lipinski definition) is 0. The molecule has 22 heavy (non-hydrogen) atoms. The van der Waals surface area contributed by atoms with Crippen LogP contribution in [0.5, 0.6) is 0 Å². The topological polar surface area (TPSA) is 32.8 Å². The van der Waals surface area contributed by atoms with Crippen molar-refractivity contribution in [3.63, 3.8) is 0 Å². The van der Waals surface area contributed by atoms with Crippen LogP contribution in [-0.2, 0) is 9.63 Å². The molecule has 2 atom stereocenters. The molecule has 118 valence electrons. The zero-order chi connectivity index (χ0) is 15.7. The quantitative estimate of drug-likeness (QED) is 0.804. The Kier molecular flexibility index (Phi) is 4.30. The van der Waals surface area contributed by atoms with Crippen molar-refractivity contribution in [1.82, 2.24) is 9.96 Å². The van der Waals surface area contributed by atoms with Gasteiger partial charge in [0.25, 0.3) is 0 Å². The van der Waals surface area contributed by atoms with Crippen molar-refractivity contribution < 1.29 is 14.0 Å². The summed E-state index contributed by atoms with van der Waals surface area (Å²) in [5.41, 5.74) is 2.69. The second kappa shape index (κ2) is 6.21. The van der Waals surface area contributed by atoms with Gasteiger partial charge in [-0.15, -0.1) is 0 Å². The number of nitrogens with zero attached hydrogens (tertiary/aromatic N) is 2. The summed E-state index contributed by atoms with van der Waals surface area (Å²) < 4.78 is 13.4. The van der Waals surface area contributed by atoms with Crippen LogP contribution in [0.2, 0.25) is 0 Å². The first-order valence-corrected chi connectivity index (χ1v) is 7.74. The van der Waals surface area contributed by atoms with Crippen LogP contribution in [0.15, 0.2) is 23.9 Å². The highest BCUT2D eigenvalue weighted by Gasteiger charge is 2.42. The molecule has 2 aliphatic rings. The summed E-state index contributed by atoms with van der Waals surface area (Å²) in [6, 6.07) is 5.26. The summed E-state index contributed by atoms with van der Waals surface area (Å²) in [5, 5.41) is 1.58. The van der Waals surface area contributed by atoms with E-state index >= 15 is 0 Å². The zero-order valence-electron chi connectivity index (χ0n) is 13.0. The second-order valence-corrected chi connectivity index (χ2v) is 6.00. The molecule has 0 amide bonds. The number of rotatable bonds is 3. The van der Waals surface area contributed by atoms with Gasteiger partial charge in [-0.05, 0) is 49.6 Å². The Balaban J connectivity index is 1.88. The molecule has 4 nitrogen and oxygen atoms in total. The molecular weight excluding hydrogens is 283 g/mol. The largest absolute Gasteiger partial charge is 0.285 e. The molecule has 0 spiro atoms. The van der Waals surface area contributed by atoms with Gasteiger partial charge in [0.1, 0.15) is 17.5 Å². The summed E-state index contributed by atoms with van der Waals surface area (Å²) in [5.74, 6) is 1.81. The second-order valence-electron chi connectivity index (χ2n) is 6.00. The third-order valence-electron chi connectivity index (χ3n) is 4.78. The first kappa shape index (κ1) is 15.2. The van der Waals surface area contributed by atoms with Gasteiger partial charge >= 0.3 is 0 Å². The smallest absolute Gasteiger partial charge is 0.149 e. The molecule has 0 radical (unpaired) electrons. The summed E-state index contributed by atoms with van der Waals surface area (Å²) in [6.07, 6.45) is 3.30. The maximum Gasteiger partial charge on any atom is 0.149 e. The minimum Gasteiger partial charge on any atom is -0.285 e. The van der Waals surface area contributed by atoms with E-state index in [1.54, 1.807) is 18.2 Å². The molecular formula is C17H21FN2O2. The molecule has 2 unspecified atom stereocenters. The van der Waals surface area contributed by atoms with Crippen LogP contribution in [0.4, 0.5) is 4.39 Å². The molecule has 1 aromatic rings. The van der Waals surface area contributed by atoms with Crippen LogP contribution < -0.4 is 0 Å². The Bertz CT molecular complexity index is 613. The standard InChI is InChI=1S/C17H21FN2O2/c1-12-9-13(18)6-7-14(12)15-5-3-4-8-19(15)16-10-20(22-2)17(16)11-21/h6-7,9,15-16H,3-5,8,10H2,1-2H3. The van der Waals surface area contributed by atoms with Gasteiger partial charge in [-0.2, -0.15) is 0 Å². The Hall–Kier alpha value is -1.68. The number of likely N-dealkylation sites (tertiary alicyclic amines) is 1. The van der Waals surface area contributed by atoms with Crippen molar-refractivity contribution in [1.29, 1.82) is 0 Å². The summed E-state index contributed by atoms with van der Waals surface area (Å²) in [4.78, 5) is 18.7. The first-order valence-electron chi connectivity index (χ1n) is 7.74. The molecule has 3 rings (SSSR count). The average Bonchev–Trinajstić information content (AvgIpc) is 2.48. The van der Waals surface area contributed by atoms with Crippen molar-refractivity contribution >= 4 is 5.94 Å². The molecule has 0 N–H and O–H groups in total. The highest BCUT2D eigenvalue weighted by Crippen LogP contribution is 2.38. The molecule has 0 bridgehead atoms. The van der Waals surface area contributed by atoms with Crippen molar-refractivity contribution in [2.24, 2.45) is 0 Å². The Morgan fingerprint density at radius 2 is 2.14 bits per heavy atom. The fourth-order valence-corrected chi connectivity index (χ4v) is 3.62. The predicted octanol–water partition coefficient (Wildman–Crippen LogP) is 2.62. The van der Waals surface area contributed by atoms with Crippen molar-refractivity contribution in [3.05, 3.63) is 40.8 Å². The highest BCUT2D eigenvalue weighted by molar-refractivity contribution is 5.56. The van der Waals surface area contributed by atoms with Crippen LogP contribution in [-0.4, -0.2) is 42.1 Å². The molecule has 0 aliphatic carbocycles. The van der Waals surface area contributed by atoms with E-state index in [-0.39, 0.29) is 17.9 Å². The number of halogens is 1. The third kappa shape index (κ3) is 2.56. The molecule has 2 aliphatic heterocycles. The van der Waals surface area contributed by atoms with Gasteiger partial charge in [0.15, 0.2) is 0 Å². The molecule has 5 heteroatoms. The lowest BCUT2D eigenvalue weighted by molar-refractivity contribution is -0.167. The van der Waals surface area contributed by atoms with E-state index in [1.165, 1.54) is 6.07 Å². The van der Waals surface area contributed by atoms with Gasteiger partial charge in [0, 0.05) is 6.04 Å². The molecule has 0 saturated carbocycles. The van der Waals surface area contributed by atoms with Crippen LogP contribution in [0.25, 0.3) is 0 Å². The first-order chi connectivity index (χ1) is 10.7. The maximum atomic E-state index is 13.4. The molecule has 2 saturated heterocycles. The van der Waals surface area contributed by atoms with Gasteiger partial charge in [0.05, 0.1) is 19.7 Å². The van der Waals surface area contributed by atoms with E-state index in [9.17, 15) is 9.18 Å². The van der Waals surface area contributed by atoms with Crippen molar-refractivity contribution in [3.8, 4) is 0 Å². The van der Waals surface area contributed by atoms with Crippen LogP contribution >= 0.6 is 0 Å². The lowest BCUT2D eigenvalue weighted by Gasteiger charge is -2.49. The molecule has 1 aromatic carbocycles. The molecule has 2 heterocycles. The van der Waals surface area contributed by atoms with E-state index in [2.05, 4.69) is 4.90 Å². The van der Waals surface area contributed by atoms with E-state index in [0.717, 1.165) is 36.9 Å². The molecule has 0 aromatic heterocycles. The minimum atomic E-state index is -0.203. The normalized spacial score (nSPS) is 25.8. The van der Waals surface area contributed by atoms with Crippen molar-refractivity contribution in [2.45, 2.75) is 38.3 Å². The van der Waals surface area contributed by atoms with Gasteiger partial charge in [-0.1, -0.05) is 12.5 Å². The van der Waals surface area contributed by atoms with E-state index in [4.69, 9.17) is 4.84 Å². The number of piperidine rings is 1. The zero-order valence-corrected chi connectivity index (χ0v) is 13.0. The van der Waals surface area contributed by atoms with Gasteiger partial charge < -0.3 is 0 Å². The van der Waals surface area contributed by atoms with Gasteiger partial charge in [0.2, 0.25) is 0 Å². The fraction of sp³-hybridized carbons (Fsp3) is 0.529. The Labute approximate surface area is 130 Å². The number of aryl methyl sites for hydroxylation is 1. The fourth-order valence-electron chi connectivity index (χ4n) is 3.62. The SMILES string of the molecule is CON1CC(N2CCCCC2c2ccc(F)cc2C)C1=C=O. The summed E-state index contributed by atoms with van der Waals surface area (Å²) in [7, 11) is 1.56. The monoisotopic (exact) mass is 304 g/mol. The van der Waals surface area contributed by atoms with E-state index in [1.807, 2.05) is 18.9 Å². The third-order valence-corrected chi connectivity index (χ3v) is 4.78. The lowest BCUT2D eigenvalue weighted by atomic mass is 9.89. The van der Waals surface area contributed by atoms with Gasteiger partial charge in [-0.25, -0.2) is 14.2 Å². The Morgan fingerprint density at radius 3 is 2.82 bits per heavy atom. The van der Waals surface area contributed by atoms with Crippen LogP contribution in [0.1, 0.15) is 36.4 Å². The number of hydroxylamine groups is 2. The van der Waals surface area contributed by atoms with E-state index in [0.29, 0.717) is 12.2 Å². The summed E-state index contributed by atoms with van der Waals surface area (Å²) in [6.45, 7) is 3.57. The van der Waals surface area contributed by atoms with Crippen LogP contribution in [0, 0.1) is 12.7 Å². The number of benzene rings is 1. The van der Waals surface area contributed by atoms with E-state index < -0.39 is 0 Å². The van der Waals surface area contributed by atoms with Gasteiger partial charge in [-0.3, -0.25) is 9.74 Å². The molecule has 2 fully saturated rings. The predicted molar refractivity (Wildman–Crippen MR) is 81.1 cm³/mol. The number of hydrogen-bond acceptors (Lipinski definition) is 4. The maximum absolute atomic E-state index is 13.4. The number of carbonyl (C=O) groups excluding carboxylic acids is 1. The van der Waals surface area contributed by atoms with Crippen molar-refractivity contribution in [2.75, 3.05) is 20.2 Å². The Morgan fingerprint density at radius 1 is 1.32 bits per heavy atom. The van der Waals surface area contributed by atoms with Crippen LogP contribution in [0.3, 0.4) is 0 Å². The average molecular weight is 304 g/mol.